The van der Waals surface area contributed by atoms with Crippen LogP contribution in [0.2, 0.25) is 0 Å². The summed E-state index contributed by atoms with van der Waals surface area (Å²) < 4.78 is 82.9. The van der Waals surface area contributed by atoms with Crippen LogP contribution < -0.4 is 0 Å². The molecule has 0 aromatic heterocycles. The Morgan fingerprint density at radius 2 is 0.857 bits per heavy atom. The summed E-state index contributed by atoms with van der Waals surface area (Å²) in [5, 5.41) is 0. The smallest absolute Gasteiger partial charge is 0.356 e. The van der Waals surface area contributed by atoms with E-state index in [9.17, 15) is 40.7 Å². The number of benzene rings is 2. The summed E-state index contributed by atoms with van der Waals surface area (Å²) in [6, 6.07) is 5.30. The van der Waals surface area contributed by atoms with E-state index in [1.807, 2.05) is 0 Å². The van der Waals surface area contributed by atoms with Crippen molar-refractivity contribution in [2.24, 2.45) is 0 Å². The predicted octanol–water partition coefficient (Wildman–Crippen LogP) is 4.86. The maximum absolute atomic E-state index is 12.4. The van der Waals surface area contributed by atoms with Gasteiger partial charge in [0.05, 0.1) is 22.3 Å². The van der Waals surface area contributed by atoms with E-state index < -0.39 is 52.7 Å². The van der Waals surface area contributed by atoms with Crippen molar-refractivity contribution >= 4 is 18.1 Å². The molecule has 0 spiro atoms. The molecule has 0 radical (unpaired) electrons. The molecule has 0 amide bonds. The molecule has 0 unspecified atom stereocenters. The largest absolute Gasteiger partial charge is 0.524 e. The predicted molar refractivity (Wildman–Crippen MR) is 79.1 cm³/mol. The first-order valence-electron chi connectivity index (χ1n) is 7.21. The number of hydrogen-bond acceptors (Lipinski definition) is 5. The summed E-state index contributed by atoms with van der Waals surface area (Å²) in [7, 11) is 0. The normalized spacial score (nSPS) is 11.6. The maximum Gasteiger partial charge on any atom is 0.524 e. The molecule has 0 saturated carbocycles. The second-order valence-corrected chi connectivity index (χ2v) is 5.18. The van der Waals surface area contributed by atoms with Gasteiger partial charge >= 0.3 is 30.4 Å². The third-order valence-electron chi connectivity index (χ3n) is 3.25. The fourth-order valence-corrected chi connectivity index (χ4v) is 1.88. The molecule has 0 aliphatic carbocycles. The molecule has 0 aliphatic rings. The molecule has 2 aromatic rings. The highest BCUT2D eigenvalue weighted by Gasteiger charge is 2.31. The van der Waals surface area contributed by atoms with Crippen LogP contribution in [0.5, 0.6) is 0 Å². The van der Waals surface area contributed by atoms with Gasteiger partial charge in [-0.1, -0.05) is 0 Å². The van der Waals surface area contributed by atoms with Crippen molar-refractivity contribution in [3.05, 3.63) is 70.8 Å². The van der Waals surface area contributed by atoms with Crippen LogP contribution in [0.4, 0.5) is 31.1 Å². The lowest BCUT2D eigenvalue weighted by atomic mass is 10.1. The number of ether oxygens (including phenoxy) is 2. The molecule has 0 heterocycles. The molecule has 0 saturated heterocycles. The lowest BCUT2D eigenvalue weighted by molar-refractivity contribution is -0.138. The van der Waals surface area contributed by atoms with Crippen LogP contribution in [-0.4, -0.2) is 18.1 Å². The van der Waals surface area contributed by atoms with Crippen LogP contribution in [0.25, 0.3) is 0 Å². The number of carbonyl (C=O) groups is 3. The zero-order chi connectivity index (χ0) is 21.1. The monoisotopic (exact) mass is 406 g/mol. The Labute approximate surface area is 152 Å². The molecular weight excluding hydrogens is 398 g/mol. The number of esters is 2. The number of carbonyl (C=O) groups excluding carboxylic acids is 3. The summed E-state index contributed by atoms with van der Waals surface area (Å²) in [6.07, 6.45) is -11.1. The first-order chi connectivity index (χ1) is 12.9. The third kappa shape index (κ3) is 5.32. The van der Waals surface area contributed by atoms with E-state index >= 15 is 0 Å². The van der Waals surface area contributed by atoms with Crippen molar-refractivity contribution in [1.82, 2.24) is 0 Å². The summed E-state index contributed by atoms with van der Waals surface area (Å²) in [6.45, 7) is 0. The molecule has 0 aliphatic heterocycles. The van der Waals surface area contributed by atoms with Gasteiger partial charge in [0.15, 0.2) is 0 Å². The van der Waals surface area contributed by atoms with Gasteiger partial charge in [-0.15, -0.1) is 0 Å². The molecule has 0 fully saturated rings. The van der Waals surface area contributed by atoms with Gasteiger partial charge in [-0.25, -0.2) is 14.4 Å². The van der Waals surface area contributed by atoms with Gasteiger partial charge in [0, 0.05) is 0 Å². The zero-order valence-corrected chi connectivity index (χ0v) is 13.4. The minimum Gasteiger partial charge on any atom is -0.356 e. The molecule has 11 heteroatoms. The molecule has 2 rings (SSSR count). The van der Waals surface area contributed by atoms with Crippen molar-refractivity contribution in [3.63, 3.8) is 0 Å². The first-order valence-corrected chi connectivity index (χ1v) is 7.21. The molecular formula is C17H8F6O5. The highest BCUT2D eigenvalue weighted by atomic mass is 19.4. The van der Waals surface area contributed by atoms with Crippen molar-refractivity contribution in [2.75, 3.05) is 0 Å². The number of rotatable bonds is 2. The molecule has 0 atom stereocenters. The van der Waals surface area contributed by atoms with Crippen LogP contribution in [-0.2, 0) is 21.8 Å². The summed E-state index contributed by atoms with van der Waals surface area (Å²) in [5.41, 5.74) is -2.92. The minimum absolute atomic E-state index is 0.424. The molecule has 2 aromatic carbocycles. The highest BCUT2D eigenvalue weighted by molar-refractivity contribution is 6.00. The average Bonchev–Trinajstić information content (AvgIpc) is 2.60. The molecule has 0 bridgehead atoms. The number of hydrogen-bond donors (Lipinski definition) is 0. The van der Waals surface area contributed by atoms with Crippen molar-refractivity contribution in [3.8, 4) is 0 Å². The van der Waals surface area contributed by atoms with Crippen LogP contribution in [0.15, 0.2) is 48.5 Å². The minimum atomic E-state index is -4.63. The second-order valence-electron chi connectivity index (χ2n) is 5.18. The third-order valence-corrected chi connectivity index (χ3v) is 3.25. The van der Waals surface area contributed by atoms with E-state index in [0.29, 0.717) is 24.3 Å². The molecule has 148 valence electrons. The Morgan fingerprint density at radius 1 is 0.571 bits per heavy atom. The van der Waals surface area contributed by atoms with Crippen molar-refractivity contribution in [2.45, 2.75) is 12.4 Å². The highest BCUT2D eigenvalue weighted by Crippen LogP contribution is 2.30. The fraction of sp³-hybridized carbons (Fsp3) is 0.118. The van der Waals surface area contributed by atoms with Crippen LogP contribution >= 0.6 is 0 Å². The molecule has 5 nitrogen and oxygen atoms in total. The lowest BCUT2D eigenvalue weighted by Crippen LogP contribution is -2.18. The zero-order valence-electron chi connectivity index (χ0n) is 13.4. The number of halogens is 6. The van der Waals surface area contributed by atoms with Gasteiger partial charge < -0.3 is 9.47 Å². The topological polar surface area (TPSA) is 69.7 Å². The lowest BCUT2D eigenvalue weighted by Gasteiger charge is -2.08. The standard InChI is InChI=1S/C17H8F6O5/c18-16(19,20)11-5-1-9(2-6-11)13(24)27-15(26)28-14(25)10-3-7-12(8-4-10)17(21,22)23/h1-8H. The van der Waals surface area contributed by atoms with Gasteiger partial charge in [0.25, 0.3) is 0 Å². The van der Waals surface area contributed by atoms with E-state index in [1.54, 1.807) is 0 Å². The van der Waals surface area contributed by atoms with Gasteiger partial charge in [-0.2, -0.15) is 26.3 Å². The Balaban J connectivity index is 1.97. The van der Waals surface area contributed by atoms with E-state index in [4.69, 9.17) is 0 Å². The van der Waals surface area contributed by atoms with Crippen LogP contribution in [0, 0.1) is 0 Å². The van der Waals surface area contributed by atoms with Crippen LogP contribution in [0.3, 0.4) is 0 Å². The Kier molecular flexibility index (Phi) is 5.76. The van der Waals surface area contributed by atoms with Crippen LogP contribution in [0.1, 0.15) is 31.8 Å². The summed E-state index contributed by atoms with van der Waals surface area (Å²) in [4.78, 5) is 34.7. The quantitative estimate of drug-likeness (QED) is 0.405. The van der Waals surface area contributed by atoms with Gasteiger partial charge in [0.1, 0.15) is 0 Å². The Morgan fingerprint density at radius 3 is 1.11 bits per heavy atom. The molecule has 28 heavy (non-hydrogen) atoms. The van der Waals surface area contributed by atoms with E-state index in [0.717, 1.165) is 24.3 Å². The maximum atomic E-state index is 12.4. The van der Waals surface area contributed by atoms with E-state index in [-0.39, 0.29) is 0 Å². The van der Waals surface area contributed by atoms with Gasteiger partial charge in [-0.3, -0.25) is 0 Å². The average molecular weight is 406 g/mol. The van der Waals surface area contributed by atoms with Gasteiger partial charge in [0.2, 0.25) is 0 Å². The van der Waals surface area contributed by atoms with Crippen molar-refractivity contribution in [1.29, 1.82) is 0 Å². The molecule has 0 N–H and O–H groups in total. The Hall–Kier alpha value is -3.37. The summed E-state index contributed by atoms with van der Waals surface area (Å²) >= 11 is 0. The van der Waals surface area contributed by atoms with Gasteiger partial charge in [-0.05, 0) is 48.5 Å². The first kappa shape index (κ1) is 20.9. The SMILES string of the molecule is O=C(OC(=O)c1ccc(C(F)(F)F)cc1)OC(=O)c1ccc(C(F)(F)F)cc1. The number of alkyl halides is 6. The van der Waals surface area contributed by atoms with E-state index in [2.05, 4.69) is 9.47 Å². The van der Waals surface area contributed by atoms with Crippen molar-refractivity contribution < 1.29 is 50.2 Å². The van der Waals surface area contributed by atoms with E-state index in [1.165, 1.54) is 0 Å². The fourth-order valence-electron chi connectivity index (χ4n) is 1.88. The second kappa shape index (κ2) is 7.71. The Bertz CT molecular complexity index is 809. The summed E-state index contributed by atoms with van der Waals surface area (Å²) in [5.74, 6) is -2.78.